The molecule has 1 aromatic carbocycles. The minimum absolute atomic E-state index is 0.131. The number of thiophene rings is 1. The molecule has 0 aliphatic heterocycles. The van der Waals surface area contributed by atoms with E-state index in [2.05, 4.69) is 4.98 Å². The van der Waals surface area contributed by atoms with Gasteiger partial charge in [0.15, 0.2) is 0 Å². The number of aromatic amines is 1. The second-order valence-electron chi connectivity index (χ2n) is 5.99. The third-order valence-corrected chi connectivity index (χ3v) is 5.19. The predicted octanol–water partition coefficient (Wildman–Crippen LogP) is 3.14. The van der Waals surface area contributed by atoms with Crippen molar-refractivity contribution in [1.29, 1.82) is 0 Å². The Morgan fingerprint density at radius 3 is 2.81 bits per heavy atom. The number of H-pyrrole nitrogens is 1. The highest BCUT2D eigenvalue weighted by atomic mass is 32.1. The molecule has 0 aliphatic carbocycles. The Labute approximate surface area is 153 Å². The molecule has 1 atom stereocenters. The van der Waals surface area contributed by atoms with Crippen LogP contribution in [0.5, 0.6) is 0 Å². The lowest BCUT2D eigenvalue weighted by molar-refractivity contribution is 0.0568. The lowest BCUT2D eigenvalue weighted by Gasteiger charge is -2.30. The lowest BCUT2D eigenvalue weighted by atomic mass is 10.1. The number of nitrogens with one attached hydrogen (secondary N) is 1. The summed E-state index contributed by atoms with van der Waals surface area (Å²) in [6.45, 7) is 2.01. The van der Waals surface area contributed by atoms with Gasteiger partial charge in [-0.05, 0) is 36.1 Å². The maximum Gasteiger partial charge on any atom is 0.255 e. The van der Waals surface area contributed by atoms with Crippen LogP contribution in [0.1, 0.15) is 28.6 Å². The highest BCUT2D eigenvalue weighted by molar-refractivity contribution is 7.09. The third-order valence-electron chi connectivity index (χ3n) is 4.33. The molecule has 0 unspecified atom stereocenters. The van der Waals surface area contributed by atoms with E-state index < -0.39 is 23.3 Å². The number of amides is 1. The fraction of sp³-hybridized carbons (Fsp3) is 0.263. The average Bonchev–Trinajstić information content (AvgIpc) is 3.14. The molecule has 3 rings (SSSR count). The van der Waals surface area contributed by atoms with Gasteiger partial charge < -0.3 is 15.0 Å². The van der Waals surface area contributed by atoms with E-state index in [1.165, 1.54) is 35.6 Å². The summed E-state index contributed by atoms with van der Waals surface area (Å²) in [5.41, 5.74) is 0.0997. The Morgan fingerprint density at radius 2 is 2.15 bits per heavy atom. The summed E-state index contributed by atoms with van der Waals surface area (Å²) >= 11 is 1.51. The Kier molecular flexibility index (Phi) is 5.49. The summed E-state index contributed by atoms with van der Waals surface area (Å²) in [5, 5.41) is 12.0. The van der Waals surface area contributed by atoms with Crippen LogP contribution in [0.4, 0.5) is 4.39 Å². The maximum atomic E-state index is 13.7. The van der Waals surface area contributed by atoms with E-state index in [-0.39, 0.29) is 12.2 Å². The topological polar surface area (TPSA) is 73.4 Å². The SMILES string of the molecule is CC[C@H](CO)N(Cc1cccs1)C(=O)c1cc(=O)[nH]c2ccc(F)cc12. The fourth-order valence-electron chi connectivity index (χ4n) is 2.94. The Morgan fingerprint density at radius 1 is 1.35 bits per heavy atom. The van der Waals surface area contributed by atoms with Gasteiger partial charge in [-0.1, -0.05) is 13.0 Å². The molecule has 26 heavy (non-hydrogen) atoms. The van der Waals surface area contributed by atoms with Crippen LogP contribution >= 0.6 is 11.3 Å². The van der Waals surface area contributed by atoms with Gasteiger partial charge in [0.25, 0.3) is 5.91 Å². The Balaban J connectivity index is 2.10. The number of rotatable bonds is 6. The molecule has 0 bridgehead atoms. The number of nitrogens with zero attached hydrogens (tertiary/aromatic N) is 1. The second-order valence-corrected chi connectivity index (χ2v) is 7.03. The predicted molar refractivity (Wildman–Crippen MR) is 99.9 cm³/mol. The number of pyridine rings is 1. The molecular weight excluding hydrogens is 355 g/mol. The van der Waals surface area contributed by atoms with Gasteiger partial charge in [-0.2, -0.15) is 0 Å². The number of aromatic nitrogens is 1. The molecule has 5 nitrogen and oxygen atoms in total. The van der Waals surface area contributed by atoms with Crippen LogP contribution in [0.15, 0.2) is 46.6 Å². The third kappa shape index (κ3) is 3.68. The fourth-order valence-corrected chi connectivity index (χ4v) is 3.65. The molecule has 136 valence electrons. The van der Waals surface area contributed by atoms with Gasteiger partial charge in [-0.3, -0.25) is 9.59 Å². The van der Waals surface area contributed by atoms with Crippen molar-refractivity contribution in [1.82, 2.24) is 9.88 Å². The van der Waals surface area contributed by atoms with E-state index in [1.54, 1.807) is 4.90 Å². The van der Waals surface area contributed by atoms with Crippen LogP contribution in [0.3, 0.4) is 0 Å². The molecule has 2 heterocycles. The average molecular weight is 374 g/mol. The number of aliphatic hydroxyl groups is 1. The lowest BCUT2D eigenvalue weighted by Crippen LogP contribution is -2.42. The van der Waals surface area contributed by atoms with Gasteiger partial charge in [-0.25, -0.2) is 4.39 Å². The summed E-state index contributed by atoms with van der Waals surface area (Å²) in [7, 11) is 0. The van der Waals surface area contributed by atoms with E-state index in [0.717, 1.165) is 4.88 Å². The molecular formula is C19H19FN2O3S. The number of carbonyl (C=O) groups is 1. The minimum Gasteiger partial charge on any atom is -0.394 e. The van der Waals surface area contributed by atoms with Gasteiger partial charge in [0, 0.05) is 21.8 Å². The van der Waals surface area contributed by atoms with Crippen molar-refractivity contribution in [3.05, 3.63) is 68.4 Å². The largest absolute Gasteiger partial charge is 0.394 e. The summed E-state index contributed by atoms with van der Waals surface area (Å²) in [4.78, 5) is 30.4. The van der Waals surface area contributed by atoms with Crippen LogP contribution in [0, 0.1) is 5.82 Å². The van der Waals surface area contributed by atoms with Crippen molar-refractivity contribution in [2.45, 2.75) is 25.9 Å². The van der Waals surface area contributed by atoms with Crippen molar-refractivity contribution in [2.75, 3.05) is 6.61 Å². The zero-order valence-corrected chi connectivity index (χ0v) is 15.1. The summed E-state index contributed by atoms with van der Waals surface area (Å²) in [6, 6.07) is 8.50. The molecule has 2 N–H and O–H groups in total. The smallest absolute Gasteiger partial charge is 0.255 e. The van der Waals surface area contributed by atoms with Crippen molar-refractivity contribution in [2.24, 2.45) is 0 Å². The van der Waals surface area contributed by atoms with Crippen LogP contribution < -0.4 is 5.56 Å². The number of hydrogen-bond donors (Lipinski definition) is 2. The van der Waals surface area contributed by atoms with Crippen molar-refractivity contribution < 1.29 is 14.3 Å². The molecule has 3 aromatic rings. The Hall–Kier alpha value is -2.51. The molecule has 1 amide bonds. The first-order chi connectivity index (χ1) is 12.5. The van der Waals surface area contributed by atoms with Crippen LogP contribution in [0.25, 0.3) is 10.9 Å². The monoisotopic (exact) mass is 374 g/mol. The van der Waals surface area contributed by atoms with E-state index in [0.29, 0.717) is 23.9 Å². The molecule has 0 fully saturated rings. The second kappa shape index (κ2) is 7.80. The Bertz CT molecular complexity index is 965. The van der Waals surface area contributed by atoms with Crippen LogP contribution in [-0.4, -0.2) is 33.5 Å². The van der Waals surface area contributed by atoms with Crippen LogP contribution in [-0.2, 0) is 6.54 Å². The molecule has 7 heteroatoms. The summed E-state index contributed by atoms with van der Waals surface area (Å²) < 4.78 is 13.7. The quantitative estimate of drug-likeness (QED) is 0.696. The normalized spacial score (nSPS) is 12.3. The zero-order chi connectivity index (χ0) is 18.7. The van der Waals surface area contributed by atoms with E-state index in [4.69, 9.17) is 0 Å². The highest BCUT2D eigenvalue weighted by Gasteiger charge is 2.25. The van der Waals surface area contributed by atoms with E-state index in [9.17, 15) is 19.1 Å². The number of benzene rings is 1. The molecule has 2 aromatic heterocycles. The molecule has 0 saturated heterocycles. The van der Waals surface area contributed by atoms with E-state index >= 15 is 0 Å². The van der Waals surface area contributed by atoms with Gasteiger partial charge in [0.1, 0.15) is 5.82 Å². The maximum absolute atomic E-state index is 13.7. The van der Waals surface area contributed by atoms with E-state index in [1.807, 2.05) is 24.4 Å². The number of aliphatic hydroxyl groups excluding tert-OH is 1. The standard InChI is InChI=1S/C19H19FN2O3S/c1-2-13(11-23)22(10-14-4-3-7-26-14)19(25)16-9-18(24)21-17-6-5-12(20)8-15(16)17/h3-9,13,23H,2,10-11H2,1H3,(H,21,24)/t13-/m1/s1. The number of fused-ring (bicyclic) bond motifs is 1. The van der Waals surface area contributed by atoms with Crippen molar-refractivity contribution >= 4 is 28.1 Å². The van der Waals surface area contributed by atoms with Gasteiger partial charge in [-0.15, -0.1) is 11.3 Å². The highest BCUT2D eigenvalue weighted by Crippen LogP contribution is 2.22. The number of carbonyl (C=O) groups excluding carboxylic acids is 1. The van der Waals surface area contributed by atoms with Gasteiger partial charge >= 0.3 is 0 Å². The molecule has 0 saturated carbocycles. The molecule has 0 radical (unpaired) electrons. The summed E-state index contributed by atoms with van der Waals surface area (Å²) in [6.07, 6.45) is 0.559. The van der Waals surface area contributed by atoms with Gasteiger partial charge in [0.05, 0.1) is 24.8 Å². The zero-order valence-electron chi connectivity index (χ0n) is 14.2. The number of hydrogen-bond acceptors (Lipinski definition) is 4. The minimum atomic E-state index is -0.488. The first-order valence-corrected chi connectivity index (χ1v) is 9.18. The molecule has 0 spiro atoms. The summed E-state index contributed by atoms with van der Waals surface area (Å²) in [5.74, 6) is -0.890. The molecule has 0 aliphatic rings. The number of halogens is 1. The first kappa shape index (κ1) is 18.3. The van der Waals surface area contributed by atoms with Crippen molar-refractivity contribution in [3.63, 3.8) is 0 Å². The van der Waals surface area contributed by atoms with Gasteiger partial charge in [0.2, 0.25) is 5.56 Å². The first-order valence-electron chi connectivity index (χ1n) is 8.30. The van der Waals surface area contributed by atoms with Crippen molar-refractivity contribution in [3.8, 4) is 0 Å². The van der Waals surface area contributed by atoms with Crippen LogP contribution in [0.2, 0.25) is 0 Å².